The number of hydrogen-bond acceptors (Lipinski definition) is 4. The van der Waals surface area contributed by atoms with Crippen LogP contribution in [0.4, 0.5) is 0 Å². The van der Waals surface area contributed by atoms with Crippen molar-refractivity contribution in [3.8, 4) is 5.75 Å². The van der Waals surface area contributed by atoms with E-state index in [1.54, 1.807) is 0 Å². The first-order chi connectivity index (χ1) is 15.4. The van der Waals surface area contributed by atoms with Crippen molar-refractivity contribution in [3.05, 3.63) is 30.0 Å². The third-order valence-electron chi connectivity index (χ3n) is 7.78. The van der Waals surface area contributed by atoms with E-state index in [0.717, 1.165) is 23.1 Å². The van der Waals surface area contributed by atoms with Gasteiger partial charge in [0.2, 0.25) is 11.8 Å². The third-order valence-corrected chi connectivity index (χ3v) is 7.78. The summed E-state index contributed by atoms with van der Waals surface area (Å²) in [7, 11) is 0. The largest absolute Gasteiger partial charge is 0.490 e. The molecular formula is C26H34N2O4. The molecule has 6 heteroatoms. The van der Waals surface area contributed by atoms with E-state index in [2.05, 4.69) is 10.6 Å². The Labute approximate surface area is 189 Å². The highest BCUT2D eigenvalue weighted by molar-refractivity contribution is 5.86. The predicted molar refractivity (Wildman–Crippen MR) is 122 cm³/mol. The summed E-state index contributed by atoms with van der Waals surface area (Å²) in [5.41, 5.74) is 0.879. The molecule has 0 radical (unpaired) electrons. The lowest BCUT2D eigenvalue weighted by atomic mass is 9.49. The topological polar surface area (TPSA) is 80.6 Å². The van der Waals surface area contributed by atoms with E-state index < -0.39 is 0 Å². The van der Waals surface area contributed by atoms with Gasteiger partial charge in [0.15, 0.2) is 11.3 Å². The molecule has 4 bridgehead atoms. The van der Waals surface area contributed by atoms with Crippen molar-refractivity contribution in [3.63, 3.8) is 0 Å². The molecule has 0 aliphatic heterocycles. The summed E-state index contributed by atoms with van der Waals surface area (Å²) in [6.45, 7) is 4.38. The molecule has 1 aromatic heterocycles. The number of carbonyl (C=O) groups is 2. The van der Waals surface area contributed by atoms with Crippen LogP contribution in [0.25, 0.3) is 11.0 Å². The van der Waals surface area contributed by atoms with Crippen molar-refractivity contribution in [2.45, 2.75) is 64.8 Å². The minimum atomic E-state index is -0.301. The Balaban J connectivity index is 1.14. The van der Waals surface area contributed by atoms with Gasteiger partial charge in [-0.25, -0.2) is 0 Å². The van der Waals surface area contributed by atoms with Gasteiger partial charge in [-0.15, -0.1) is 0 Å². The second-order valence-electron chi connectivity index (χ2n) is 10.4. The summed E-state index contributed by atoms with van der Waals surface area (Å²) in [6.07, 6.45) is 8.28. The van der Waals surface area contributed by atoms with Crippen LogP contribution in [-0.2, 0) is 9.59 Å². The van der Waals surface area contributed by atoms with Crippen LogP contribution in [0.1, 0.15) is 70.6 Å². The number of ether oxygens (including phenoxy) is 1. The number of hydrogen-bond donors (Lipinski definition) is 2. The summed E-state index contributed by atoms with van der Waals surface area (Å²) in [5.74, 6) is 3.65. The number of rotatable bonds is 8. The molecule has 0 unspecified atom stereocenters. The van der Waals surface area contributed by atoms with Gasteiger partial charge in [0.1, 0.15) is 5.76 Å². The van der Waals surface area contributed by atoms with Gasteiger partial charge in [0.25, 0.3) is 0 Å². The van der Waals surface area contributed by atoms with E-state index >= 15 is 0 Å². The maximum atomic E-state index is 12.7. The van der Waals surface area contributed by atoms with E-state index in [1.165, 1.54) is 38.5 Å². The highest BCUT2D eigenvalue weighted by atomic mass is 16.5. The molecule has 1 heterocycles. The molecule has 32 heavy (non-hydrogen) atoms. The Morgan fingerprint density at radius 3 is 2.47 bits per heavy atom. The number of para-hydroxylation sites is 1. The molecule has 4 saturated carbocycles. The van der Waals surface area contributed by atoms with E-state index in [1.807, 2.05) is 38.1 Å². The molecule has 0 saturated heterocycles. The SMILES string of the molecule is CCOc1cccc2cc([C@H](C)NC(=O)CNC(=O)CC34CC5CC(CC(C5)C3)C4)oc12. The Kier molecular flexibility index (Phi) is 5.64. The van der Waals surface area contributed by atoms with Crippen LogP contribution in [0.3, 0.4) is 0 Å². The first-order valence-corrected chi connectivity index (χ1v) is 12.1. The quantitative estimate of drug-likeness (QED) is 0.624. The van der Waals surface area contributed by atoms with Crippen molar-refractivity contribution >= 4 is 22.8 Å². The maximum absolute atomic E-state index is 12.7. The fourth-order valence-electron chi connectivity index (χ4n) is 6.99. The van der Waals surface area contributed by atoms with Gasteiger partial charge < -0.3 is 19.8 Å². The van der Waals surface area contributed by atoms with Crippen molar-refractivity contribution in [2.75, 3.05) is 13.2 Å². The molecule has 6 nitrogen and oxygen atoms in total. The van der Waals surface area contributed by atoms with Gasteiger partial charge in [-0.2, -0.15) is 0 Å². The Hall–Kier alpha value is -2.50. The van der Waals surface area contributed by atoms with E-state index in [9.17, 15) is 9.59 Å². The zero-order valence-electron chi connectivity index (χ0n) is 19.1. The summed E-state index contributed by atoms with van der Waals surface area (Å²) < 4.78 is 11.6. The molecule has 0 spiro atoms. The summed E-state index contributed by atoms with van der Waals surface area (Å²) in [6, 6.07) is 7.39. The normalized spacial score (nSPS) is 29.1. The van der Waals surface area contributed by atoms with Crippen LogP contribution in [0.15, 0.2) is 28.7 Å². The fraction of sp³-hybridized carbons (Fsp3) is 0.615. The van der Waals surface area contributed by atoms with Crippen LogP contribution in [0.2, 0.25) is 0 Å². The molecular weight excluding hydrogens is 404 g/mol. The number of nitrogens with one attached hydrogen (secondary N) is 2. The van der Waals surface area contributed by atoms with E-state index in [4.69, 9.17) is 9.15 Å². The van der Waals surface area contributed by atoms with Crippen LogP contribution >= 0.6 is 0 Å². The smallest absolute Gasteiger partial charge is 0.239 e. The minimum Gasteiger partial charge on any atom is -0.490 e. The number of carbonyl (C=O) groups excluding carboxylic acids is 2. The molecule has 4 aliphatic carbocycles. The molecule has 2 aromatic rings. The van der Waals surface area contributed by atoms with Gasteiger partial charge in [-0.1, -0.05) is 12.1 Å². The van der Waals surface area contributed by atoms with Gasteiger partial charge in [0, 0.05) is 11.8 Å². The Morgan fingerprint density at radius 1 is 1.12 bits per heavy atom. The van der Waals surface area contributed by atoms with E-state index in [-0.39, 0.29) is 29.8 Å². The third kappa shape index (κ3) is 4.24. The standard InChI is InChI=1S/C26H34N2O4/c1-3-31-21-6-4-5-20-10-22(32-25(20)21)16(2)28-24(30)15-27-23(29)14-26-11-17-7-18(12-26)9-19(8-17)13-26/h4-6,10,16-19H,3,7-9,11-15H2,1-2H3,(H,27,29)(H,28,30)/t16-,17?,18?,19?,26?/m0/s1. The summed E-state index contributed by atoms with van der Waals surface area (Å²) in [5, 5.41) is 6.74. The highest BCUT2D eigenvalue weighted by Gasteiger charge is 2.51. The van der Waals surface area contributed by atoms with Gasteiger partial charge >= 0.3 is 0 Å². The van der Waals surface area contributed by atoms with Crippen molar-refractivity contribution < 1.29 is 18.7 Å². The zero-order valence-corrected chi connectivity index (χ0v) is 19.1. The minimum absolute atomic E-state index is 0.0000364. The summed E-state index contributed by atoms with van der Waals surface area (Å²) in [4.78, 5) is 25.2. The molecule has 172 valence electrons. The first kappa shape index (κ1) is 21.4. The molecule has 4 aliphatic rings. The van der Waals surface area contributed by atoms with Gasteiger partial charge in [-0.3, -0.25) is 9.59 Å². The lowest BCUT2D eigenvalue weighted by Crippen LogP contribution is -2.48. The molecule has 1 atom stereocenters. The lowest BCUT2D eigenvalue weighted by Gasteiger charge is -2.56. The van der Waals surface area contributed by atoms with Crippen LogP contribution in [0, 0.1) is 23.2 Å². The predicted octanol–water partition coefficient (Wildman–Crippen LogP) is 4.73. The summed E-state index contributed by atoms with van der Waals surface area (Å²) >= 11 is 0. The molecule has 4 fully saturated rings. The number of fused-ring (bicyclic) bond motifs is 1. The lowest BCUT2D eigenvalue weighted by molar-refractivity contribution is -0.132. The van der Waals surface area contributed by atoms with Crippen LogP contribution in [-0.4, -0.2) is 25.0 Å². The van der Waals surface area contributed by atoms with Gasteiger partial charge in [0.05, 0.1) is 19.2 Å². The number of benzene rings is 1. The maximum Gasteiger partial charge on any atom is 0.239 e. The average Bonchev–Trinajstić information content (AvgIpc) is 3.17. The second-order valence-corrected chi connectivity index (χ2v) is 10.4. The molecule has 6 rings (SSSR count). The number of amides is 2. The zero-order chi connectivity index (χ0) is 22.3. The van der Waals surface area contributed by atoms with Gasteiger partial charge in [-0.05, 0) is 87.7 Å². The van der Waals surface area contributed by atoms with Crippen LogP contribution < -0.4 is 15.4 Å². The second kappa shape index (κ2) is 8.45. The number of furan rings is 1. The molecule has 2 N–H and O–H groups in total. The average molecular weight is 439 g/mol. The van der Waals surface area contributed by atoms with Crippen molar-refractivity contribution in [2.24, 2.45) is 23.2 Å². The highest BCUT2D eigenvalue weighted by Crippen LogP contribution is 2.61. The first-order valence-electron chi connectivity index (χ1n) is 12.1. The van der Waals surface area contributed by atoms with Crippen molar-refractivity contribution in [1.29, 1.82) is 0 Å². The van der Waals surface area contributed by atoms with E-state index in [0.29, 0.717) is 30.1 Å². The monoisotopic (exact) mass is 438 g/mol. The van der Waals surface area contributed by atoms with Crippen molar-refractivity contribution in [1.82, 2.24) is 10.6 Å². The Bertz CT molecular complexity index is 975. The van der Waals surface area contributed by atoms with Crippen LogP contribution in [0.5, 0.6) is 5.75 Å². The molecule has 2 amide bonds. The molecule has 1 aromatic carbocycles. The Morgan fingerprint density at radius 2 is 1.81 bits per heavy atom. The fourth-order valence-corrected chi connectivity index (χ4v) is 6.99.